The lowest BCUT2D eigenvalue weighted by molar-refractivity contribution is 0.984. The Labute approximate surface area is 79.0 Å². The molecule has 0 fully saturated rings. The SMILES string of the molecule is CCc1cnc(C)nc1N=C(C)C. The molecule has 0 unspecified atom stereocenters. The zero-order valence-electron chi connectivity index (χ0n) is 8.63. The molecule has 1 heterocycles. The molecule has 3 heteroatoms. The minimum Gasteiger partial charge on any atom is -0.241 e. The Kier molecular flexibility index (Phi) is 3.12. The lowest BCUT2D eigenvalue weighted by Gasteiger charge is -2.02. The first-order valence-corrected chi connectivity index (χ1v) is 4.48. The third-order valence-corrected chi connectivity index (χ3v) is 1.67. The van der Waals surface area contributed by atoms with Crippen LogP contribution in [0.1, 0.15) is 32.2 Å². The molecule has 0 aromatic carbocycles. The van der Waals surface area contributed by atoms with Gasteiger partial charge in [0.1, 0.15) is 5.82 Å². The maximum Gasteiger partial charge on any atom is 0.158 e. The second-order valence-corrected chi connectivity index (χ2v) is 3.18. The smallest absolute Gasteiger partial charge is 0.158 e. The average molecular weight is 177 g/mol. The Hall–Kier alpha value is -1.25. The molecular formula is C10H15N3. The molecule has 0 aliphatic heterocycles. The highest BCUT2D eigenvalue weighted by atomic mass is 15.0. The van der Waals surface area contributed by atoms with Gasteiger partial charge in [0.15, 0.2) is 5.82 Å². The van der Waals surface area contributed by atoms with E-state index in [1.54, 1.807) is 0 Å². The summed E-state index contributed by atoms with van der Waals surface area (Å²) in [5.41, 5.74) is 2.12. The third-order valence-electron chi connectivity index (χ3n) is 1.67. The highest BCUT2D eigenvalue weighted by molar-refractivity contribution is 5.81. The van der Waals surface area contributed by atoms with E-state index in [2.05, 4.69) is 21.9 Å². The number of aliphatic imine (C=N–C) groups is 1. The number of aryl methyl sites for hydroxylation is 2. The summed E-state index contributed by atoms with van der Waals surface area (Å²) in [5, 5.41) is 0. The quantitative estimate of drug-likeness (QED) is 0.651. The highest BCUT2D eigenvalue weighted by Gasteiger charge is 2.01. The van der Waals surface area contributed by atoms with Crippen molar-refractivity contribution in [3.63, 3.8) is 0 Å². The van der Waals surface area contributed by atoms with E-state index in [0.717, 1.165) is 29.3 Å². The van der Waals surface area contributed by atoms with Crippen molar-refractivity contribution in [1.82, 2.24) is 9.97 Å². The second-order valence-electron chi connectivity index (χ2n) is 3.18. The van der Waals surface area contributed by atoms with Crippen molar-refractivity contribution >= 4 is 11.5 Å². The molecule has 1 rings (SSSR count). The van der Waals surface area contributed by atoms with Crippen LogP contribution < -0.4 is 0 Å². The lowest BCUT2D eigenvalue weighted by Crippen LogP contribution is -1.93. The van der Waals surface area contributed by atoms with Crippen LogP contribution in [0.4, 0.5) is 5.82 Å². The summed E-state index contributed by atoms with van der Waals surface area (Å²) < 4.78 is 0. The van der Waals surface area contributed by atoms with Gasteiger partial charge in [0.05, 0.1) is 0 Å². The number of rotatable bonds is 2. The van der Waals surface area contributed by atoms with E-state index in [0.29, 0.717) is 0 Å². The van der Waals surface area contributed by atoms with Gasteiger partial charge in [-0.15, -0.1) is 0 Å². The number of hydrogen-bond donors (Lipinski definition) is 0. The van der Waals surface area contributed by atoms with Gasteiger partial charge in [0.25, 0.3) is 0 Å². The van der Waals surface area contributed by atoms with Crippen LogP contribution in [-0.4, -0.2) is 15.7 Å². The van der Waals surface area contributed by atoms with Crippen LogP contribution in [0.3, 0.4) is 0 Å². The van der Waals surface area contributed by atoms with Crippen LogP contribution in [0.2, 0.25) is 0 Å². The molecule has 0 aliphatic carbocycles. The Morgan fingerprint density at radius 1 is 1.46 bits per heavy atom. The average Bonchev–Trinajstić information content (AvgIpc) is 2.03. The molecule has 0 atom stereocenters. The van der Waals surface area contributed by atoms with Crippen LogP contribution >= 0.6 is 0 Å². The molecule has 13 heavy (non-hydrogen) atoms. The summed E-state index contributed by atoms with van der Waals surface area (Å²) in [5.74, 6) is 1.59. The minimum atomic E-state index is 0.775. The second kappa shape index (κ2) is 4.12. The van der Waals surface area contributed by atoms with Crippen LogP contribution in [-0.2, 0) is 6.42 Å². The Bertz CT molecular complexity index is 325. The monoisotopic (exact) mass is 177 g/mol. The molecule has 70 valence electrons. The lowest BCUT2D eigenvalue weighted by atomic mass is 10.2. The van der Waals surface area contributed by atoms with Crippen LogP contribution in [0.5, 0.6) is 0 Å². The largest absolute Gasteiger partial charge is 0.241 e. The summed E-state index contributed by atoms with van der Waals surface area (Å²) in [7, 11) is 0. The number of nitrogens with zero attached hydrogens (tertiary/aromatic N) is 3. The molecule has 0 saturated carbocycles. The highest BCUT2D eigenvalue weighted by Crippen LogP contribution is 2.15. The normalized spacial score (nSPS) is 9.85. The molecule has 0 amide bonds. The Balaban J connectivity index is 3.16. The van der Waals surface area contributed by atoms with Crippen molar-refractivity contribution in [3.05, 3.63) is 17.6 Å². The van der Waals surface area contributed by atoms with Gasteiger partial charge < -0.3 is 0 Å². The maximum absolute atomic E-state index is 4.36. The van der Waals surface area contributed by atoms with Crippen molar-refractivity contribution in [1.29, 1.82) is 0 Å². The maximum atomic E-state index is 4.36. The Morgan fingerprint density at radius 3 is 2.69 bits per heavy atom. The molecule has 3 nitrogen and oxygen atoms in total. The van der Waals surface area contributed by atoms with Gasteiger partial charge >= 0.3 is 0 Å². The summed E-state index contributed by atoms with van der Waals surface area (Å²) in [6.07, 6.45) is 2.77. The van der Waals surface area contributed by atoms with Gasteiger partial charge in [-0.1, -0.05) is 6.92 Å². The van der Waals surface area contributed by atoms with Gasteiger partial charge in [-0.3, -0.25) is 0 Å². The first-order valence-electron chi connectivity index (χ1n) is 4.48. The van der Waals surface area contributed by atoms with Gasteiger partial charge in [-0.25, -0.2) is 15.0 Å². The van der Waals surface area contributed by atoms with E-state index in [1.165, 1.54) is 0 Å². The van der Waals surface area contributed by atoms with Gasteiger partial charge in [-0.2, -0.15) is 0 Å². The molecule has 1 aromatic heterocycles. The zero-order valence-corrected chi connectivity index (χ0v) is 8.63. The van der Waals surface area contributed by atoms with Crippen molar-refractivity contribution < 1.29 is 0 Å². The van der Waals surface area contributed by atoms with Gasteiger partial charge in [-0.05, 0) is 27.2 Å². The molecular weight excluding hydrogens is 162 g/mol. The molecule has 1 aromatic rings. The molecule has 0 saturated heterocycles. The topological polar surface area (TPSA) is 38.1 Å². The first kappa shape index (κ1) is 9.84. The van der Waals surface area contributed by atoms with E-state index in [-0.39, 0.29) is 0 Å². The number of hydrogen-bond acceptors (Lipinski definition) is 3. The van der Waals surface area contributed by atoms with Gasteiger partial charge in [0, 0.05) is 17.5 Å². The fourth-order valence-corrected chi connectivity index (χ4v) is 1.04. The van der Waals surface area contributed by atoms with Crippen molar-refractivity contribution in [3.8, 4) is 0 Å². The van der Waals surface area contributed by atoms with Crippen molar-refractivity contribution in [2.75, 3.05) is 0 Å². The van der Waals surface area contributed by atoms with Crippen molar-refractivity contribution in [2.24, 2.45) is 4.99 Å². The van der Waals surface area contributed by atoms with E-state index in [1.807, 2.05) is 27.0 Å². The van der Waals surface area contributed by atoms with Crippen LogP contribution in [0.15, 0.2) is 11.2 Å². The zero-order chi connectivity index (χ0) is 9.84. The van der Waals surface area contributed by atoms with E-state index < -0.39 is 0 Å². The standard InChI is InChI=1S/C10H15N3/c1-5-9-6-11-8(4)13-10(9)12-7(2)3/h6H,5H2,1-4H3. The van der Waals surface area contributed by atoms with Crippen molar-refractivity contribution in [2.45, 2.75) is 34.1 Å². The number of aromatic nitrogens is 2. The van der Waals surface area contributed by atoms with Gasteiger partial charge in [0.2, 0.25) is 0 Å². The fourth-order valence-electron chi connectivity index (χ4n) is 1.04. The summed E-state index contributed by atoms with van der Waals surface area (Å²) in [6, 6.07) is 0. The minimum absolute atomic E-state index is 0.775. The molecule has 0 radical (unpaired) electrons. The van der Waals surface area contributed by atoms with Crippen LogP contribution in [0, 0.1) is 6.92 Å². The molecule has 0 bridgehead atoms. The van der Waals surface area contributed by atoms with E-state index in [9.17, 15) is 0 Å². The molecule has 0 N–H and O–H groups in total. The van der Waals surface area contributed by atoms with E-state index >= 15 is 0 Å². The predicted molar refractivity (Wildman–Crippen MR) is 54.6 cm³/mol. The summed E-state index contributed by atoms with van der Waals surface area (Å²) in [4.78, 5) is 12.8. The predicted octanol–water partition coefficient (Wildman–Crippen LogP) is 2.46. The fraction of sp³-hybridized carbons (Fsp3) is 0.500. The molecule has 0 aliphatic rings. The van der Waals surface area contributed by atoms with E-state index in [4.69, 9.17) is 0 Å². The summed E-state index contributed by atoms with van der Waals surface area (Å²) in [6.45, 7) is 7.90. The molecule has 0 spiro atoms. The van der Waals surface area contributed by atoms with Crippen LogP contribution in [0.25, 0.3) is 0 Å². The summed E-state index contributed by atoms with van der Waals surface area (Å²) >= 11 is 0. The Morgan fingerprint density at radius 2 is 2.15 bits per heavy atom. The third kappa shape index (κ3) is 2.61. The first-order chi connectivity index (χ1) is 6.13.